The van der Waals surface area contributed by atoms with Crippen LogP contribution in [0.25, 0.3) is 27.4 Å². The number of hydrogen-bond acceptors (Lipinski definition) is 4. The van der Waals surface area contributed by atoms with Crippen LogP contribution in [-0.2, 0) is 22.5 Å². The number of hydrogen-bond donors (Lipinski definition) is 2. The van der Waals surface area contributed by atoms with Crippen LogP contribution >= 0.6 is 0 Å². The van der Waals surface area contributed by atoms with Gasteiger partial charge in [-0.1, -0.05) is 65.8 Å². The average molecular weight is 601 g/mol. The van der Waals surface area contributed by atoms with Gasteiger partial charge in [0.05, 0.1) is 13.0 Å². The predicted octanol–water partition coefficient (Wildman–Crippen LogP) is 7.21. The highest BCUT2D eigenvalue weighted by Gasteiger charge is 2.47. The molecule has 0 amide bonds. The third-order valence-corrected chi connectivity index (χ3v) is 11.5. The van der Waals surface area contributed by atoms with Crippen molar-refractivity contribution in [1.29, 1.82) is 0 Å². The summed E-state index contributed by atoms with van der Waals surface area (Å²) in [6.07, 6.45) is 10.0. The van der Waals surface area contributed by atoms with Gasteiger partial charge < -0.3 is 14.7 Å². The van der Waals surface area contributed by atoms with E-state index in [0.29, 0.717) is 5.92 Å². The van der Waals surface area contributed by atoms with Crippen LogP contribution in [0.5, 0.6) is 0 Å². The number of rotatable bonds is 2. The number of nitrogens with one attached hydrogen (secondary N) is 2. The average Bonchev–Trinajstić information content (AvgIpc) is 3.59. The fourth-order valence-electron chi connectivity index (χ4n) is 9.30. The summed E-state index contributed by atoms with van der Waals surface area (Å²) in [5.74, 6) is 0.299. The molecule has 4 bridgehead atoms. The lowest BCUT2D eigenvalue weighted by molar-refractivity contribution is -0.151. The third-order valence-electron chi connectivity index (χ3n) is 11.5. The van der Waals surface area contributed by atoms with Crippen molar-refractivity contribution in [2.24, 2.45) is 17.8 Å². The Balaban J connectivity index is 1.38. The number of benzene rings is 2. The fourth-order valence-corrected chi connectivity index (χ4v) is 9.30. The Labute approximate surface area is 265 Å². The minimum Gasteiger partial charge on any atom is -0.469 e. The van der Waals surface area contributed by atoms with Crippen molar-refractivity contribution in [3.05, 3.63) is 100 Å². The van der Waals surface area contributed by atoms with E-state index in [1.165, 1.54) is 61.0 Å². The topological polar surface area (TPSA) is 64.4 Å². The first-order valence-corrected chi connectivity index (χ1v) is 16.7. The van der Waals surface area contributed by atoms with Gasteiger partial charge in [-0.3, -0.25) is 14.6 Å². The van der Waals surface area contributed by atoms with E-state index in [1.807, 2.05) is 0 Å². The highest BCUT2D eigenvalue weighted by Crippen LogP contribution is 2.49. The molecule has 2 fully saturated rings. The molecular weight excluding hydrogens is 556 g/mol. The number of methoxy groups -OCH3 is 1. The van der Waals surface area contributed by atoms with Crippen molar-refractivity contribution in [3.63, 3.8) is 0 Å². The van der Waals surface area contributed by atoms with Crippen LogP contribution < -0.4 is 0 Å². The lowest BCUT2D eigenvalue weighted by Crippen LogP contribution is -2.53. The molecule has 1 aliphatic carbocycles. The maximum atomic E-state index is 13.7. The monoisotopic (exact) mass is 600 g/mol. The van der Waals surface area contributed by atoms with Gasteiger partial charge in [0.1, 0.15) is 0 Å². The molecule has 2 saturated heterocycles. The zero-order chi connectivity index (χ0) is 30.8. The number of ether oxygens (including phenoxy) is 1. The molecular formula is C39H44N4O2. The molecule has 45 heavy (non-hydrogen) atoms. The first-order valence-electron chi connectivity index (χ1n) is 16.7. The number of esters is 1. The SMILES string of the molecule is C/C=C1/CN2CC[C@H]1/C(=C/[C@H]1C[C@H]3/C(=C\C)CN(C)[C@@H](Cc4c1[nH]c1ccccc41)[C@H]3C(=O)OC)c1[nH]c3ccccc3c1C2. The van der Waals surface area contributed by atoms with E-state index in [9.17, 15) is 4.79 Å². The second kappa shape index (κ2) is 11.2. The molecule has 2 N–H and O–H groups in total. The molecule has 1 unspecified atom stereocenters. The van der Waals surface area contributed by atoms with Gasteiger partial charge in [-0.05, 0) is 81.5 Å². The minimum absolute atomic E-state index is 0.0818. The van der Waals surface area contributed by atoms with Crippen LogP contribution in [0.4, 0.5) is 0 Å². The number of aromatic amines is 2. The highest BCUT2D eigenvalue weighted by molar-refractivity contribution is 5.91. The molecule has 6 heteroatoms. The quantitative estimate of drug-likeness (QED) is 0.189. The largest absolute Gasteiger partial charge is 0.469 e. The van der Waals surface area contributed by atoms with Crippen LogP contribution in [0.15, 0.2) is 77.9 Å². The van der Waals surface area contributed by atoms with Gasteiger partial charge in [0.15, 0.2) is 0 Å². The van der Waals surface area contributed by atoms with E-state index in [2.05, 4.69) is 107 Å². The Kier molecular flexibility index (Phi) is 7.10. The van der Waals surface area contributed by atoms with Crippen LogP contribution in [0.1, 0.15) is 55.1 Å². The number of likely N-dealkylation sites (tertiary alicyclic amines) is 1. The second-order valence-corrected chi connectivity index (χ2v) is 13.7. The summed E-state index contributed by atoms with van der Waals surface area (Å²) < 4.78 is 5.55. The fraction of sp³-hybridized carbons (Fsp3) is 0.410. The van der Waals surface area contributed by atoms with Crippen molar-refractivity contribution >= 4 is 33.3 Å². The molecule has 6 nitrogen and oxygen atoms in total. The maximum Gasteiger partial charge on any atom is 0.310 e. The summed E-state index contributed by atoms with van der Waals surface area (Å²) in [7, 11) is 3.73. The van der Waals surface area contributed by atoms with Gasteiger partial charge in [-0.25, -0.2) is 0 Å². The zero-order valence-corrected chi connectivity index (χ0v) is 26.9. The van der Waals surface area contributed by atoms with Crippen LogP contribution in [0.3, 0.4) is 0 Å². The molecule has 0 spiro atoms. The molecule has 4 aromatic rings. The number of fused-ring (bicyclic) bond motifs is 8. The number of piperidine rings is 2. The standard InChI is InChI=1S/C39H44N4O2/c1-5-23-20-42(3)35-19-31-27-11-7-9-13-33(27)40-37(31)25(17-29(23)36(35)39(44)45-4)18-30-26-15-16-43(21-24(26)6-2)22-32-28-12-8-10-14-34(28)41-38(30)32/h5-14,18,25-26,29,35-36,40-41H,15-17,19-22H2,1-4H3/b23-5-,24-6-,30-18-/t25-,26-,29+,35+,36+/m1/s1. The summed E-state index contributed by atoms with van der Waals surface area (Å²) in [6.45, 7) is 8.30. The molecule has 232 valence electrons. The summed E-state index contributed by atoms with van der Waals surface area (Å²) in [4.78, 5) is 26.5. The first-order chi connectivity index (χ1) is 22.0. The predicted molar refractivity (Wildman–Crippen MR) is 182 cm³/mol. The van der Waals surface area contributed by atoms with Crippen LogP contribution in [0, 0.1) is 17.8 Å². The van der Waals surface area contributed by atoms with Crippen molar-refractivity contribution in [1.82, 2.24) is 19.8 Å². The van der Waals surface area contributed by atoms with Gasteiger partial charge in [0, 0.05) is 70.7 Å². The number of para-hydroxylation sites is 2. The number of carbonyl (C=O) groups is 1. The van der Waals surface area contributed by atoms with E-state index >= 15 is 0 Å². The first kappa shape index (κ1) is 28.6. The molecule has 9 rings (SSSR count). The molecule has 6 heterocycles. The Hall–Kier alpha value is -3.87. The Bertz CT molecular complexity index is 1890. The Morgan fingerprint density at radius 2 is 1.62 bits per heavy atom. The van der Waals surface area contributed by atoms with E-state index < -0.39 is 0 Å². The van der Waals surface area contributed by atoms with Gasteiger partial charge in [0.25, 0.3) is 0 Å². The van der Waals surface area contributed by atoms with E-state index in [-0.39, 0.29) is 29.8 Å². The van der Waals surface area contributed by atoms with Crippen molar-refractivity contribution in [2.75, 3.05) is 33.8 Å². The lowest BCUT2D eigenvalue weighted by atomic mass is 9.67. The number of nitrogens with zero attached hydrogens (tertiary/aromatic N) is 2. The number of H-pyrrole nitrogens is 2. The van der Waals surface area contributed by atoms with Crippen molar-refractivity contribution < 1.29 is 9.53 Å². The van der Waals surface area contributed by atoms with Crippen LogP contribution in [-0.4, -0.2) is 65.6 Å². The van der Waals surface area contributed by atoms with Gasteiger partial charge in [0.2, 0.25) is 0 Å². The molecule has 6 atom stereocenters. The van der Waals surface area contributed by atoms with E-state index in [0.717, 1.165) is 45.4 Å². The summed E-state index contributed by atoms with van der Waals surface area (Å²) in [5, 5.41) is 2.60. The highest BCUT2D eigenvalue weighted by atomic mass is 16.5. The molecule has 0 saturated carbocycles. The summed E-state index contributed by atoms with van der Waals surface area (Å²) >= 11 is 0. The summed E-state index contributed by atoms with van der Waals surface area (Å²) in [5.41, 5.74) is 12.0. The molecule has 2 aromatic carbocycles. The van der Waals surface area contributed by atoms with Crippen LogP contribution in [0.2, 0.25) is 0 Å². The van der Waals surface area contributed by atoms with Crippen molar-refractivity contribution in [3.8, 4) is 0 Å². The number of aromatic nitrogens is 2. The van der Waals surface area contributed by atoms with Gasteiger partial charge in [-0.2, -0.15) is 0 Å². The molecule has 2 aromatic heterocycles. The van der Waals surface area contributed by atoms with E-state index in [4.69, 9.17) is 4.74 Å². The third kappa shape index (κ3) is 4.56. The number of allylic oxidation sites excluding steroid dienone is 4. The molecule has 4 aliphatic heterocycles. The minimum atomic E-state index is -0.210. The number of carbonyl (C=O) groups excluding carboxylic acids is 1. The Morgan fingerprint density at radius 1 is 0.911 bits per heavy atom. The van der Waals surface area contributed by atoms with Gasteiger partial charge >= 0.3 is 5.97 Å². The number of likely N-dealkylation sites (N-methyl/N-ethyl adjacent to an activating group) is 1. The second-order valence-electron chi connectivity index (χ2n) is 13.7. The van der Waals surface area contributed by atoms with E-state index in [1.54, 1.807) is 7.11 Å². The maximum absolute atomic E-state index is 13.7. The smallest absolute Gasteiger partial charge is 0.310 e. The normalized spacial score (nSPS) is 31.1. The molecule has 5 aliphatic rings. The zero-order valence-electron chi connectivity index (χ0n) is 26.9. The summed E-state index contributed by atoms with van der Waals surface area (Å²) in [6, 6.07) is 17.6. The Morgan fingerprint density at radius 3 is 2.36 bits per heavy atom. The van der Waals surface area contributed by atoms with Gasteiger partial charge in [-0.15, -0.1) is 0 Å². The van der Waals surface area contributed by atoms with Crippen molar-refractivity contribution in [2.45, 2.75) is 51.6 Å². The molecule has 0 radical (unpaired) electrons. The lowest BCUT2D eigenvalue weighted by Gasteiger charge is -2.46.